The van der Waals surface area contributed by atoms with E-state index in [2.05, 4.69) is 16.0 Å². The van der Waals surface area contributed by atoms with E-state index in [0.29, 0.717) is 0 Å². The average molecular weight is 262 g/mol. The van der Waals surface area contributed by atoms with Crippen molar-refractivity contribution in [2.24, 2.45) is 0 Å². The lowest BCUT2D eigenvalue weighted by Gasteiger charge is -2.22. The third-order valence-corrected chi connectivity index (χ3v) is 4.39. The number of hydrogen-bond donors (Lipinski definition) is 1. The SMILES string of the molecule is O=C(O)CC1CCCN1c1nc2ccccc2s1. The maximum atomic E-state index is 10.9. The van der Waals surface area contributed by atoms with Crippen LogP contribution in [0.2, 0.25) is 0 Å². The smallest absolute Gasteiger partial charge is 0.305 e. The second kappa shape index (κ2) is 4.57. The second-order valence-electron chi connectivity index (χ2n) is 4.55. The summed E-state index contributed by atoms with van der Waals surface area (Å²) < 4.78 is 1.16. The number of aromatic nitrogens is 1. The fraction of sp³-hybridized carbons (Fsp3) is 0.385. The quantitative estimate of drug-likeness (QED) is 0.924. The molecule has 0 radical (unpaired) electrons. The average Bonchev–Trinajstić information content (AvgIpc) is 2.93. The number of carboxylic acid groups (broad SMARTS) is 1. The van der Waals surface area contributed by atoms with Crippen molar-refractivity contribution in [3.05, 3.63) is 24.3 Å². The van der Waals surface area contributed by atoms with Gasteiger partial charge >= 0.3 is 5.97 Å². The maximum absolute atomic E-state index is 10.9. The van der Waals surface area contributed by atoms with E-state index in [9.17, 15) is 4.79 Å². The van der Waals surface area contributed by atoms with Crippen LogP contribution in [0.1, 0.15) is 19.3 Å². The van der Waals surface area contributed by atoms with Crippen LogP contribution in [-0.4, -0.2) is 28.6 Å². The van der Waals surface area contributed by atoms with Crippen LogP contribution in [0.3, 0.4) is 0 Å². The first-order chi connectivity index (χ1) is 8.74. The van der Waals surface area contributed by atoms with Gasteiger partial charge in [0.1, 0.15) is 0 Å². The lowest BCUT2D eigenvalue weighted by molar-refractivity contribution is -0.137. The van der Waals surface area contributed by atoms with E-state index in [1.54, 1.807) is 11.3 Å². The maximum Gasteiger partial charge on any atom is 0.305 e. The lowest BCUT2D eigenvalue weighted by Crippen LogP contribution is -2.31. The molecule has 0 amide bonds. The molecule has 1 aliphatic heterocycles. The molecule has 94 valence electrons. The first-order valence-electron chi connectivity index (χ1n) is 6.08. The van der Waals surface area contributed by atoms with E-state index in [1.165, 1.54) is 0 Å². The monoisotopic (exact) mass is 262 g/mol. The Morgan fingerprint density at radius 3 is 3.11 bits per heavy atom. The first-order valence-corrected chi connectivity index (χ1v) is 6.90. The largest absolute Gasteiger partial charge is 0.481 e. The molecule has 5 heteroatoms. The summed E-state index contributed by atoms with van der Waals surface area (Å²) in [4.78, 5) is 17.6. The van der Waals surface area contributed by atoms with Gasteiger partial charge in [0.2, 0.25) is 0 Å². The van der Waals surface area contributed by atoms with Gasteiger partial charge in [-0.15, -0.1) is 0 Å². The highest BCUT2D eigenvalue weighted by atomic mass is 32.1. The minimum absolute atomic E-state index is 0.100. The lowest BCUT2D eigenvalue weighted by atomic mass is 10.1. The molecule has 2 heterocycles. The van der Waals surface area contributed by atoms with Crippen LogP contribution in [-0.2, 0) is 4.79 Å². The zero-order chi connectivity index (χ0) is 12.5. The molecule has 0 saturated carbocycles. The Bertz CT molecular complexity index is 548. The van der Waals surface area contributed by atoms with Crippen molar-refractivity contribution in [3.8, 4) is 0 Å². The summed E-state index contributed by atoms with van der Waals surface area (Å²) in [7, 11) is 0. The second-order valence-corrected chi connectivity index (χ2v) is 5.56. The van der Waals surface area contributed by atoms with E-state index in [1.807, 2.05) is 18.2 Å². The zero-order valence-electron chi connectivity index (χ0n) is 9.87. The zero-order valence-corrected chi connectivity index (χ0v) is 10.7. The molecule has 1 aliphatic rings. The Morgan fingerprint density at radius 2 is 2.33 bits per heavy atom. The van der Waals surface area contributed by atoms with Crippen molar-refractivity contribution >= 4 is 32.7 Å². The number of fused-ring (bicyclic) bond motifs is 1. The number of thiazole rings is 1. The van der Waals surface area contributed by atoms with Gasteiger partial charge in [0, 0.05) is 12.6 Å². The van der Waals surface area contributed by atoms with E-state index < -0.39 is 5.97 Å². The minimum Gasteiger partial charge on any atom is -0.481 e. The van der Waals surface area contributed by atoms with Crippen LogP contribution >= 0.6 is 11.3 Å². The summed E-state index contributed by atoms with van der Waals surface area (Å²) in [5.74, 6) is -0.729. The van der Waals surface area contributed by atoms with Crippen molar-refractivity contribution in [2.45, 2.75) is 25.3 Å². The number of carboxylic acids is 1. The van der Waals surface area contributed by atoms with Gasteiger partial charge < -0.3 is 10.0 Å². The van der Waals surface area contributed by atoms with E-state index in [-0.39, 0.29) is 12.5 Å². The van der Waals surface area contributed by atoms with Gasteiger partial charge in [-0.1, -0.05) is 23.5 Å². The summed E-state index contributed by atoms with van der Waals surface area (Å²) in [5.41, 5.74) is 0.999. The molecule has 3 rings (SSSR count). The van der Waals surface area contributed by atoms with E-state index in [4.69, 9.17) is 5.11 Å². The normalized spacial score (nSPS) is 19.6. The molecular weight excluding hydrogens is 248 g/mol. The van der Waals surface area contributed by atoms with Crippen LogP contribution in [0.4, 0.5) is 5.13 Å². The summed E-state index contributed by atoms with van der Waals surface area (Å²) in [5, 5.41) is 9.89. The molecule has 18 heavy (non-hydrogen) atoms. The highest BCUT2D eigenvalue weighted by Gasteiger charge is 2.28. The number of nitrogens with zero attached hydrogens (tertiary/aromatic N) is 2. The summed E-state index contributed by atoms with van der Waals surface area (Å²) in [6.07, 6.45) is 2.20. The summed E-state index contributed by atoms with van der Waals surface area (Å²) in [6.45, 7) is 0.914. The third-order valence-electron chi connectivity index (χ3n) is 3.32. The van der Waals surface area contributed by atoms with Crippen LogP contribution in [0.15, 0.2) is 24.3 Å². The van der Waals surface area contributed by atoms with Gasteiger partial charge in [-0.3, -0.25) is 4.79 Å². The fourth-order valence-corrected chi connectivity index (χ4v) is 3.55. The number of rotatable bonds is 3. The molecule has 0 aliphatic carbocycles. The van der Waals surface area contributed by atoms with Crippen LogP contribution in [0, 0.1) is 0 Å². The predicted octanol–water partition coefficient (Wildman–Crippen LogP) is 2.74. The van der Waals surface area contributed by atoms with Crippen molar-refractivity contribution in [1.29, 1.82) is 0 Å². The van der Waals surface area contributed by atoms with Gasteiger partial charge in [-0.2, -0.15) is 0 Å². The van der Waals surface area contributed by atoms with Crippen LogP contribution in [0.25, 0.3) is 10.2 Å². The molecular formula is C13H14N2O2S. The van der Waals surface area contributed by atoms with Gasteiger partial charge in [0.15, 0.2) is 5.13 Å². The Kier molecular flexibility index (Phi) is 2.91. The fourth-order valence-electron chi connectivity index (χ4n) is 2.48. The Hall–Kier alpha value is -1.62. The number of hydrogen-bond acceptors (Lipinski definition) is 4. The van der Waals surface area contributed by atoms with Crippen LogP contribution in [0.5, 0.6) is 0 Å². The van der Waals surface area contributed by atoms with Gasteiger partial charge in [0.25, 0.3) is 0 Å². The topological polar surface area (TPSA) is 53.4 Å². The highest BCUT2D eigenvalue weighted by molar-refractivity contribution is 7.22. The summed E-state index contributed by atoms with van der Waals surface area (Å²) >= 11 is 1.65. The molecule has 1 saturated heterocycles. The number of anilines is 1. The first kappa shape index (κ1) is 11.5. The van der Waals surface area contributed by atoms with E-state index in [0.717, 1.165) is 34.7 Å². The Balaban J connectivity index is 1.90. The standard InChI is InChI=1S/C13H14N2O2S/c16-12(17)8-9-4-3-7-15(9)13-14-10-5-1-2-6-11(10)18-13/h1-2,5-6,9H,3-4,7-8H2,(H,16,17). The van der Waals surface area contributed by atoms with Crippen molar-refractivity contribution in [1.82, 2.24) is 4.98 Å². The van der Waals surface area contributed by atoms with Gasteiger partial charge in [-0.05, 0) is 25.0 Å². The number of aliphatic carboxylic acids is 1. The molecule has 1 N–H and O–H groups in total. The minimum atomic E-state index is -0.729. The van der Waals surface area contributed by atoms with Gasteiger partial charge in [0.05, 0.1) is 16.6 Å². The highest BCUT2D eigenvalue weighted by Crippen LogP contribution is 2.33. The number of carbonyl (C=O) groups is 1. The molecule has 1 unspecified atom stereocenters. The van der Waals surface area contributed by atoms with Crippen molar-refractivity contribution in [3.63, 3.8) is 0 Å². The number of para-hydroxylation sites is 1. The predicted molar refractivity (Wildman–Crippen MR) is 72.2 cm³/mol. The number of benzene rings is 1. The molecule has 4 nitrogen and oxygen atoms in total. The van der Waals surface area contributed by atoms with Crippen molar-refractivity contribution < 1.29 is 9.90 Å². The summed E-state index contributed by atoms with van der Waals surface area (Å²) in [6, 6.07) is 8.13. The molecule has 1 atom stereocenters. The molecule has 1 fully saturated rings. The Labute approximate surface area is 109 Å². The Morgan fingerprint density at radius 1 is 1.50 bits per heavy atom. The third kappa shape index (κ3) is 2.06. The molecule has 0 bridgehead atoms. The molecule has 2 aromatic rings. The van der Waals surface area contributed by atoms with E-state index >= 15 is 0 Å². The molecule has 1 aromatic carbocycles. The van der Waals surface area contributed by atoms with Crippen LogP contribution < -0.4 is 4.90 Å². The molecule has 1 aromatic heterocycles. The van der Waals surface area contributed by atoms with Crippen molar-refractivity contribution in [2.75, 3.05) is 11.4 Å². The molecule has 0 spiro atoms. The van der Waals surface area contributed by atoms with Gasteiger partial charge in [-0.25, -0.2) is 4.98 Å².